The lowest BCUT2D eigenvalue weighted by atomic mass is 10.0. The highest BCUT2D eigenvalue weighted by atomic mass is 32.2. The molecule has 7 heteroatoms. The Morgan fingerprint density at radius 1 is 1.43 bits per heavy atom. The summed E-state index contributed by atoms with van der Waals surface area (Å²) in [6.07, 6.45) is 0.601. The summed E-state index contributed by atoms with van der Waals surface area (Å²) in [7, 11) is -3.80. The van der Waals surface area contributed by atoms with Gasteiger partial charge in [-0.1, -0.05) is 13.0 Å². The van der Waals surface area contributed by atoms with Crippen LogP contribution >= 0.6 is 0 Å². The molecule has 1 fully saturated rings. The molecule has 0 amide bonds. The molecule has 2 N–H and O–H groups in total. The van der Waals surface area contributed by atoms with Crippen molar-refractivity contribution in [3.8, 4) is 0 Å². The monoisotopic (exact) mass is 316 g/mol. The van der Waals surface area contributed by atoms with E-state index in [4.69, 9.17) is 4.74 Å². The van der Waals surface area contributed by atoms with Crippen molar-refractivity contribution in [2.45, 2.75) is 37.2 Å². The summed E-state index contributed by atoms with van der Waals surface area (Å²) in [6.45, 7) is 5.64. The molecule has 0 saturated carbocycles. The molecular formula is C14H21FN2O3S. The average molecular weight is 316 g/mol. The van der Waals surface area contributed by atoms with Gasteiger partial charge in [-0.2, -0.15) is 0 Å². The van der Waals surface area contributed by atoms with Crippen LogP contribution in [-0.2, 0) is 21.3 Å². The number of halogens is 1. The number of rotatable bonds is 6. The third-order valence-electron chi connectivity index (χ3n) is 3.48. The van der Waals surface area contributed by atoms with Gasteiger partial charge in [0.25, 0.3) is 0 Å². The fourth-order valence-corrected chi connectivity index (χ4v) is 3.98. The second-order valence-corrected chi connectivity index (χ2v) is 7.15. The first-order valence-electron chi connectivity index (χ1n) is 6.97. The highest BCUT2D eigenvalue weighted by molar-refractivity contribution is 7.89. The van der Waals surface area contributed by atoms with Crippen LogP contribution in [0.4, 0.5) is 4.39 Å². The van der Waals surface area contributed by atoms with Crippen LogP contribution in [0.3, 0.4) is 0 Å². The Morgan fingerprint density at radius 3 is 2.81 bits per heavy atom. The first-order chi connectivity index (χ1) is 9.86. The zero-order valence-electron chi connectivity index (χ0n) is 12.3. The number of nitrogens with one attached hydrogen (secondary N) is 2. The lowest BCUT2D eigenvalue weighted by Crippen LogP contribution is -2.46. The van der Waals surface area contributed by atoms with Crippen molar-refractivity contribution in [2.75, 3.05) is 19.8 Å². The van der Waals surface area contributed by atoms with Gasteiger partial charge in [0, 0.05) is 13.2 Å². The van der Waals surface area contributed by atoms with Crippen molar-refractivity contribution in [3.05, 3.63) is 29.6 Å². The normalized spacial score (nSPS) is 22.6. The first-order valence-corrected chi connectivity index (χ1v) is 8.45. The zero-order chi connectivity index (χ0) is 15.5. The molecule has 1 aliphatic heterocycles. The molecule has 21 heavy (non-hydrogen) atoms. The molecule has 1 saturated heterocycles. The smallest absolute Gasteiger partial charge is 0.241 e. The standard InChI is InChI=1S/C14H21FN2O3S/c1-3-16-9-11-4-5-12(15)8-13(11)21(18,19)17-14(2)6-7-20-10-14/h4-5,8,16-17H,3,6-7,9-10H2,1-2H3. The van der Waals surface area contributed by atoms with Crippen LogP contribution in [0, 0.1) is 5.82 Å². The Bertz CT molecular complexity index is 598. The van der Waals surface area contributed by atoms with Crippen LogP contribution in [0.2, 0.25) is 0 Å². The summed E-state index contributed by atoms with van der Waals surface area (Å²) in [6, 6.07) is 3.83. The Morgan fingerprint density at radius 2 is 2.19 bits per heavy atom. The van der Waals surface area contributed by atoms with Gasteiger partial charge >= 0.3 is 0 Å². The summed E-state index contributed by atoms with van der Waals surface area (Å²) < 4.78 is 46.5. The second-order valence-electron chi connectivity index (χ2n) is 5.50. The summed E-state index contributed by atoms with van der Waals surface area (Å²) in [5.74, 6) is -0.566. The van der Waals surface area contributed by atoms with E-state index in [1.807, 2.05) is 6.92 Å². The van der Waals surface area contributed by atoms with Crippen molar-refractivity contribution in [1.29, 1.82) is 0 Å². The topological polar surface area (TPSA) is 67.4 Å². The van der Waals surface area contributed by atoms with E-state index in [9.17, 15) is 12.8 Å². The molecule has 1 unspecified atom stereocenters. The van der Waals surface area contributed by atoms with E-state index in [1.165, 1.54) is 12.1 Å². The minimum absolute atomic E-state index is 0.0171. The molecule has 2 rings (SSSR count). The van der Waals surface area contributed by atoms with Crippen molar-refractivity contribution >= 4 is 10.0 Å². The lowest BCUT2D eigenvalue weighted by Gasteiger charge is -2.24. The van der Waals surface area contributed by atoms with E-state index >= 15 is 0 Å². The molecule has 5 nitrogen and oxygen atoms in total. The molecule has 0 radical (unpaired) electrons. The van der Waals surface area contributed by atoms with E-state index in [1.54, 1.807) is 6.92 Å². The molecular weight excluding hydrogens is 295 g/mol. The summed E-state index contributed by atoms with van der Waals surface area (Å²) >= 11 is 0. The summed E-state index contributed by atoms with van der Waals surface area (Å²) in [4.78, 5) is -0.0171. The van der Waals surface area contributed by atoms with E-state index in [0.717, 1.165) is 6.07 Å². The average Bonchev–Trinajstić information content (AvgIpc) is 2.82. The lowest BCUT2D eigenvalue weighted by molar-refractivity contribution is 0.178. The zero-order valence-corrected chi connectivity index (χ0v) is 13.1. The molecule has 0 bridgehead atoms. The Labute approximate surface area is 124 Å². The fourth-order valence-electron chi connectivity index (χ4n) is 2.31. The van der Waals surface area contributed by atoms with Gasteiger partial charge in [0.05, 0.1) is 17.0 Å². The maximum absolute atomic E-state index is 13.5. The van der Waals surface area contributed by atoms with Gasteiger partial charge in [-0.3, -0.25) is 0 Å². The van der Waals surface area contributed by atoms with Crippen LogP contribution in [0.1, 0.15) is 25.8 Å². The highest BCUT2D eigenvalue weighted by Gasteiger charge is 2.35. The predicted octanol–water partition coefficient (Wildman–Crippen LogP) is 1.39. The Kier molecular flexibility index (Phi) is 4.98. The van der Waals surface area contributed by atoms with Gasteiger partial charge in [0.1, 0.15) is 5.82 Å². The minimum atomic E-state index is -3.80. The van der Waals surface area contributed by atoms with Gasteiger partial charge in [0.15, 0.2) is 0 Å². The Hall–Kier alpha value is -1.02. The largest absolute Gasteiger partial charge is 0.379 e. The molecule has 1 aromatic rings. The maximum atomic E-state index is 13.5. The molecule has 1 atom stereocenters. The van der Waals surface area contributed by atoms with Gasteiger partial charge in [-0.15, -0.1) is 0 Å². The van der Waals surface area contributed by atoms with Gasteiger partial charge in [-0.25, -0.2) is 17.5 Å². The van der Waals surface area contributed by atoms with E-state index in [0.29, 0.717) is 38.3 Å². The van der Waals surface area contributed by atoms with Crippen molar-refractivity contribution in [3.63, 3.8) is 0 Å². The minimum Gasteiger partial charge on any atom is -0.379 e. The number of hydrogen-bond acceptors (Lipinski definition) is 4. The van der Waals surface area contributed by atoms with Gasteiger partial charge < -0.3 is 10.1 Å². The van der Waals surface area contributed by atoms with E-state index < -0.39 is 21.4 Å². The molecule has 1 heterocycles. The van der Waals surface area contributed by atoms with Crippen LogP contribution in [0.5, 0.6) is 0 Å². The van der Waals surface area contributed by atoms with Crippen LogP contribution in [0.25, 0.3) is 0 Å². The quantitative estimate of drug-likeness (QED) is 0.832. The number of ether oxygens (including phenoxy) is 1. The predicted molar refractivity (Wildman–Crippen MR) is 77.9 cm³/mol. The fraction of sp³-hybridized carbons (Fsp3) is 0.571. The maximum Gasteiger partial charge on any atom is 0.241 e. The molecule has 1 aliphatic rings. The molecule has 0 aliphatic carbocycles. The highest BCUT2D eigenvalue weighted by Crippen LogP contribution is 2.23. The van der Waals surface area contributed by atoms with Gasteiger partial charge in [-0.05, 0) is 37.6 Å². The van der Waals surface area contributed by atoms with Crippen molar-refractivity contribution < 1.29 is 17.5 Å². The first kappa shape index (κ1) is 16.4. The molecule has 0 spiro atoms. The number of sulfonamides is 1. The number of hydrogen-bond donors (Lipinski definition) is 2. The number of benzene rings is 1. The third-order valence-corrected chi connectivity index (χ3v) is 5.20. The van der Waals surface area contributed by atoms with Crippen LogP contribution in [-0.4, -0.2) is 33.7 Å². The second kappa shape index (κ2) is 6.39. The van der Waals surface area contributed by atoms with Crippen LogP contribution < -0.4 is 10.0 Å². The van der Waals surface area contributed by atoms with Crippen molar-refractivity contribution in [1.82, 2.24) is 10.0 Å². The molecule has 0 aromatic heterocycles. The molecule has 118 valence electrons. The van der Waals surface area contributed by atoms with Crippen LogP contribution in [0.15, 0.2) is 23.1 Å². The Balaban J connectivity index is 2.31. The van der Waals surface area contributed by atoms with E-state index in [-0.39, 0.29) is 4.90 Å². The van der Waals surface area contributed by atoms with Gasteiger partial charge in [0.2, 0.25) is 10.0 Å². The SMILES string of the molecule is CCNCc1ccc(F)cc1S(=O)(=O)NC1(C)CCOC1. The summed E-state index contributed by atoms with van der Waals surface area (Å²) in [5, 5.41) is 3.06. The molecule has 1 aromatic carbocycles. The van der Waals surface area contributed by atoms with E-state index in [2.05, 4.69) is 10.0 Å². The summed E-state index contributed by atoms with van der Waals surface area (Å²) in [5.41, 5.74) is -0.0890. The third kappa shape index (κ3) is 4.00. The van der Waals surface area contributed by atoms with Crippen molar-refractivity contribution in [2.24, 2.45) is 0 Å².